The van der Waals surface area contributed by atoms with Gasteiger partial charge in [0, 0.05) is 17.8 Å². The summed E-state index contributed by atoms with van der Waals surface area (Å²) in [6.45, 7) is 15.0. The van der Waals surface area contributed by atoms with Crippen molar-refractivity contribution in [1.29, 1.82) is 0 Å². The van der Waals surface area contributed by atoms with E-state index in [0.717, 1.165) is 29.4 Å². The Morgan fingerprint density at radius 2 is 1.78 bits per heavy atom. The lowest BCUT2D eigenvalue weighted by molar-refractivity contribution is 0.135. The molecule has 0 radical (unpaired) electrons. The first-order valence-electron chi connectivity index (χ1n) is 6.70. The Kier molecular flexibility index (Phi) is 2.91. The van der Waals surface area contributed by atoms with Gasteiger partial charge in [-0.3, -0.25) is 0 Å². The molecule has 1 aromatic heterocycles. The maximum atomic E-state index is 6.06. The largest absolute Gasteiger partial charge is 0.484 e. The van der Waals surface area contributed by atoms with Gasteiger partial charge in [0.2, 0.25) is 0 Å². The highest BCUT2D eigenvalue weighted by atomic mass is 16.5. The van der Waals surface area contributed by atoms with Crippen molar-refractivity contribution in [3.63, 3.8) is 0 Å². The topological polar surface area (TPSA) is 35.0 Å². The minimum atomic E-state index is -0.160. The number of hydrogen-bond donors (Lipinski definition) is 0. The molecule has 3 heteroatoms. The van der Waals surface area contributed by atoms with Crippen molar-refractivity contribution in [2.24, 2.45) is 0 Å². The molecule has 0 fully saturated rings. The standard InChI is InChI=1S/C15H24N2O/c1-9(2)13-16-10-8-15(6,7)18-11(10)12(17-13)14(3,4)5/h9H,8H2,1-7H3. The van der Waals surface area contributed by atoms with Crippen LogP contribution in [0, 0.1) is 0 Å². The zero-order valence-corrected chi connectivity index (χ0v) is 12.6. The summed E-state index contributed by atoms with van der Waals surface area (Å²) in [6.07, 6.45) is 0.869. The predicted molar refractivity (Wildman–Crippen MR) is 73.2 cm³/mol. The van der Waals surface area contributed by atoms with Crippen LogP contribution >= 0.6 is 0 Å². The highest BCUT2D eigenvalue weighted by Gasteiger charge is 2.37. The van der Waals surface area contributed by atoms with E-state index in [-0.39, 0.29) is 11.0 Å². The molecule has 100 valence electrons. The minimum Gasteiger partial charge on any atom is -0.484 e. The van der Waals surface area contributed by atoms with Crippen LogP contribution in [0.4, 0.5) is 0 Å². The van der Waals surface area contributed by atoms with E-state index >= 15 is 0 Å². The van der Waals surface area contributed by atoms with E-state index in [1.807, 2.05) is 0 Å². The van der Waals surface area contributed by atoms with Crippen LogP contribution < -0.4 is 4.74 Å². The summed E-state index contributed by atoms with van der Waals surface area (Å²) in [5.41, 5.74) is 1.94. The summed E-state index contributed by atoms with van der Waals surface area (Å²) < 4.78 is 6.06. The van der Waals surface area contributed by atoms with Crippen LogP contribution in [-0.2, 0) is 11.8 Å². The first-order valence-corrected chi connectivity index (χ1v) is 6.70. The smallest absolute Gasteiger partial charge is 0.163 e. The summed E-state index contributed by atoms with van der Waals surface area (Å²) >= 11 is 0. The van der Waals surface area contributed by atoms with Gasteiger partial charge < -0.3 is 4.74 Å². The normalized spacial score (nSPS) is 17.8. The molecule has 0 spiro atoms. The zero-order chi connectivity index (χ0) is 13.7. The van der Waals surface area contributed by atoms with Crippen LogP contribution in [-0.4, -0.2) is 15.6 Å². The summed E-state index contributed by atoms with van der Waals surface area (Å²) in [6, 6.07) is 0. The number of nitrogens with zero attached hydrogens (tertiary/aromatic N) is 2. The van der Waals surface area contributed by atoms with E-state index in [4.69, 9.17) is 9.72 Å². The molecule has 0 unspecified atom stereocenters. The van der Waals surface area contributed by atoms with Crippen molar-refractivity contribution in [1.82, 2.24) is 9.97 Å². The maximum absolute atomic E-state index is 6.06. The number of fused-ring (bicyclic) bond motifs is 1. The van der Waals surface area contributed by atoms with Gasteiger partial charge in [-0.2, -0.15) is 0 Å². The quantitative estimate of drug-likeness (QED) is 0.761. The lowest BCUT2D eigenvalue weighted by Gasteiger charge is -2.23. The Labute approximate surface area is 110 Å². The molecule has 1 aliphatic heterocycles. The molecule has 1 aliphatic rings. The third-order valence-corrected chi connectivity index (χ3v) is 3.15. The van der Waals surface area contributed by atoms with E-state index in [0.29, 0.717) is 5.92 Å². The Hall–Kier alpha value is -1.12. The van der Waals surface area contributed by atoms with Gasteiger partial charge in [-0.1, -0.05) is 34.6 Å². The molecule has 0 aliphatic carbocycles. The van der Waals surface area contributed by atoms with Crippen LogP contribution in [0.25, 0.3) is 0 Å². The van der Waals surface area contributed by atoms with E-state index in [2.05, 4.69) is 53.5 Å². The van der Waals surface area contributed by atoms with Gasteiger partial charge in [-0.25, -0.2) is 9.97 Å². The fourth-order valence-corrected chi connectivity index (χ4v) is 2.23. The van der Waals surface area contributed by atoms with Crippen LogP contribution in [0.3, 0.4) is 0 Å². The molecule has 0 saturated heterocycles. The molecule has 0 amide bonds. The molecule has 3 nitrogen and oxygen atoms in total. The predicted octanol–water partition coefficient (Wildman–Crippen LogP) is 3.61. The third-order valence-electron chi connectivity index (χ3n) is 3.15. The number of aromatic nitrogens is 2. The highest BCUT2D eigenvalue weighted by molar-refractivity contribution is 5.42. The fourth-order valence-electron chi connectivity index (χ4n) is 2.23. The van der Waals surface area contributed by atoms with Crippen LogP contribution in [0.15, 0.2) is 0 Å². The number of hydrogen-bond acceptors (Lipinski definition) is 3. The van der Waals surface area contributed by atoms with Crippen molar-refractivity contribution >= 4 is 0 Å². The van der Waals surface area contributed by atoms with Gasteiger partial charge >= 0.3 is 0 Å². The Morgan fingerprint density at radius 3 is 2.28 bits per heavy atom. The monoisotopic (exact) mass is 248 g/mol. The van der Waals surface area contributed by atoms with E-state index in [1.165, 1.54) is 0 Å². The molecule has 0 saturated carbocycles. The van der Waals surface area contributed by atoms with Gasteiger partial charge in [0.25, 0.3) is 0 Å². The molecular formula is C15H24N2O. The van der Waals surface area contributed by atoms with Crippen molar-refractivity contribution in [2.75, 3.05) is 0 Å². The summed E-state index contributed by atoms with van der Waals surface area (Å²) in [7, 11) is 0. The molecular weight excluding hydrogens is 224 g/mol. The molecule has 2 rings (SSSR count). The van der Waals surface area contributed by atoms with Gasteiger partial charge in [-0.05, 0) is 13.8 Å². The fraction of sp³-hybridized carbons (Fsp3) is 0.733. The van der Waals surface area contributed by atoms with E-state index in [9.17, 15) is 0 Å². The van der Waals surface area contributed by atoms with Crippen LogP contribution in [0.1, 0.15) is 71.6 Å². The lowest BCUT2D eigenvalue weighted by atomic mass is 9.90. The molecule has 0 N–H and O–H groups in total. The van der Waals surface area contributed by atoms with Crippen molar-refractivity contribution in [3.05, 3.63) is 17.2 Å². The first kappa shape index (κ1) is 13.3. The third kappa shape index (κ3) is 2.36. The first-order chi connectivity index (χ1) is 8.10. The summed E-state index contributed by atoms with van der Waals surface area (Å²) in [5.74, 6) is 2.19. The Bertz CT molecular complexity index is 470. The summed E-state index contributed by atoms with van der Waals surface area (Å²) in [5, 5.41) is 0. The Balaban J connectivity index is 2.60. The molecule has 18 heavy (non-hydrogen) atoms. The van der Waals surface area contributed by atoms with Gasteiger partial charge in [0.05, 0.1) is 11.4 Å². The van der Waals surface area contributed by atoms with Crippen molar-refractivity contribution < 1.29 is 4.74 Å². The average Bonchev–Trinajstić information content (AvgIpc) is 2.47. The maximum Gasteiger partial charge on any atom is 0.163 e. The SMILES string of the molecule is CC(C)c1nc2c(c(C(C)(C)C)n1)OC(C)(C)C2. The van der Waals surface area contributed by atoms with Crippen LogP contribution in [0.2, 0.25) is 0 Å². The van der Waals surface area contributed by atoms with E-state index < -0.39 is 0 Å². The van der Waals surface area contributed by atoms with Crippen molar-refractivity contribution in [3.8, 4) is 5.75 Å². The second-order valence-electron chi connectivity index (χ2n) is 7.15. The molecule has 2 heterocycles. The minimum absolute atomic E-state index is 0.0168. The Morgan fingerprint density at radius 1 is 1.17 bits per heavy atom. The zero-order valence-electron chi connectivity index (χ0n) is 12.6. The molecule has 0 aromatic carbocycles. The second-order valence-corrected chi connectivity index (χ2v) is 7.15. The molecule has 0 bridgehead atoms. The van der Waals surface area contributed by atoms with Gasteiger partial charge in [-0.15, -0.1) is 0 Å². The van der Waals surface area contributed by atoms with Gasteiger partial charge in [0.1, 0.15) is 11.4 Å². The van der Waals surface area contributed by atoms with Crippen molar-refractivity contribution in [2.45, 2.75) is 71.8 Å². The number of rotatable bonds is 1. The van der Waals surface area contributed by atoms with Gasteiger partial charge in [0.15, 0.2) is 5.75 Å². The summed E-state index contributed by atoms with van der Waals surface area (Å²) in [4.78, 5) is 9.43. The molecule has 0 atom stereocenters. The van der Waals surface area contributed by atoms with Crippen LogP contribution in [0.5, 0.6) is 5.75 Å². The highest BCUT2D eigenvalue weighted by Crippen LogP contribution is 2.40. The number of ether oxygens (including phenoxy) is 1. The van der Waals surface area contributed by atoms with E-state index in [1.54, 1.807) is 0 Å². The second kappa shape index (κ2) is 3.94. The molecule has 1 aromatic rings. The lowest BCUT2D eigenvalue weighted by Crippen LogP contribution is -2.25. The average molecular weight is 248 g/mol.